The van der Waals surface area contributed by atoms with Crippen LogP contribution in [0.5, 0.6) is 0 Å². The Morgan fingerprint density at radius 1 is 1.29 bits per heavy atom. The van der Waals surface area contributed by atoms with Gasteiger partial charge in [0.25, 0.3) is 0 Å². The Balaban J connectivity index is 3.61. The number of oxime groups is 1. The second kappa shape index (κ2) is 5.62. The number of carbonyl (C=O) groups is 1. The summed E-state index contributed by atoms with van der Waals surface area (Å²) >= 11 is 0. The third-order valence-corrected chi connectivity index (χ3v) is 1.06. The van der Waals surface area contributed by atoms with Gasteiger partial charge in [0.2, 0.25) is 0 Å². The van der Waals surface area contributed by atoms with Crippen LogP contribution in [-0.4, -0.2) is 23.9 Å². The maximum absolute atomic E-state index is 11.2. The van der Waals surface area contributed by atoms with Crippen molar-refractivity contribution in [2.45, 2.75) is 46.6 Å². The molecule has 0 atom stereocenters. The van der Waals surface area contributed by atoms with Gasteiger partial charge in [-0.3, -0.25) is 4.79 Å². The fourth-order valence-corrected chi connectivity index (χ4v) is 0.696. The van der Waals surface area contributed by atoms with E-state index in [9.17, 15) is 4.79 Å². The van der Waals surface area contributed by atoms with E-state index in [0.717, 1.165) is 5.71 Å². The van der Waals surface area contributed by atoms with E-state index in [2.05, 4.69) is 5.16 Å². The van der Waals surface area contributed by atoms with Gasteiger partial charge in [0, 0.05) is 0 Å². The van der Waals surface area contributed by atoms with Crippen molar-refractivity contribution < 1.29 is 14.4 Å². The summed E-state index contributed by atoms with van der Waals surface area (Å²) in [7, 11) is 0. The summed E-state index contributed by atoms with van der Waals surface area (Å²) in [6.07, 6.45) is 0.230. The molecule has 0 aromatic carbocycles. The Morgan fingerprint density at radius 3 is 2.29 bits per heavy atom. The highest BCUT2D eigenvalue weighted by Crippen LogP contribution is 2.07. The zero-order valence-electron chi connectivity index (χ0n) is 9.59. The predicted octanol–water partition coefficient (Wildman–Crippen LogP) is 2.13. The first-order valence-corrected chi connectivity index (χ1v) is 4.66. The van der Waals surface area contributed by atoms with Crippen molar-refractivity contribution >= 4 is 11.7 Å². The van der Waals surface area contributed by atoms with E-state index in [1.807, 2.05) is 34.6 Å². The topological polar surface area (TPSA) is 47.9 Å². The van der Waals surface area contributed by atoms with Gasteiger partial charge in [-0.1, -0.05) is 5.16 Å². The van der Waals surface area contributed by atoms with Crippen LogP contribution >= 0.6 is 0 Å². The Bertz CT molecular complexity index is 212. The molecule has 0 aromatic heterocycles. The number of ether oxygens (including phenoxy) is 1. The lowest BCUT2D eigenvalue weighted by Crippen LogP contribution is -2.24. The van der Waals surface area contributed by atoms with Crippen LogP contribution in [0.1, 0.15) is 41.0 Å². The third kappa shape index (κ3) is 9.03. The van der Waals surface area contributed by atoms with Gasteiger partial charge in [-0.05, 0) is 34.6 Å². The highest BCUT2D eigenvalue weighted by Gasteiger charge is 2.15. The monoisotopic (exact) mass is 201 g/mol. The smallest absolute Gasteiger partial charge is 0.309 e. The van der Waals surface area contributed by atoms with Gasteiger partial charge >= 0.3 is 5.97 Å². The molecule has 0 fully saturated rings. The Hall–Kier alpha value is -1.06. The molecule has 0 radical (unpaired) electrons. The lowest BCUT2D eigenvalue weighted by atomic mass is 10.2. The Kier molecular flexibility index (Phi) is 5.20. The summed E-state index contributed by atoms with van der Waals surface area (Å²) in [4.78, 5) is 16.0. The van der Waals surface area contributed by atoms with Crippen molar-refractivity contribution in [1.29, 1.82) is 0 Å². The van der Waals surface area contributed by atoms with Crippen molar-refractivity contribution in [2.24, 2.45) is 5.16 Å². The van der Waals surface area contributed by atoms with Gasteiger partial charge in [0.1, 0.15) is 12.2 Å². The molecule has 0 saturated heterocycles. The van der Waals surface area contributed by atoms with Crippen LogP contribution in [0.3, 0.4) is 0 Å². The van der Waals surface area contributed by atoms with Gasteiger partial charge in [-0.15, -0.1) is 0 Å². The van der Waals surface area contributed by atoms with Crippen LogP contribution in [0.25, 0.3) is 0 Å². The SMILES string of the molecule is CC(C)=NOCCC(=O)OC(C)(C)C. The van der Waals surface area contributed by atoms with Crippen LogP contribution in [-0.2, 0) is 14.4 Å². The van der Waals surface area contributed by atoms with Crippen molar-refractivity contribution in [3.8, 4) is 0 Å². The van der Waals surface area contributed by atoms with Gasteiger partial charge in [-0.25, -0.2) is 0 Å². The molecule has 82 valence electrons. The molecule has 4 heteroatoms. The van der Waals surface area contributed by atoms with E-state index in [1.54, 1.807) is 0 Å². The van der Waals surface area contributed by atoms with E-state index in [-0.39, 0.29) is 19.0 Å². The van der Waals surface area contributed by atoms with Crippen molar-refractivity contribution in [1.82, 2.24) is 0 Å². The summed E-state index contributed by atoms with van der Waals surface area (Å²) in [5, 5.41) is 3.70. The molecule has 0 aliphatic carbocycles. The molecule has 0 rings (SSSR count). The second-order valence-corrected chi connectivity index (χ2v) is 4.21. The van der Waals surface area contributed by atoms with Gasteiger partial charge in [0.05, 0.1) is 12.1 Å². The molecule has 0 aromatic rings. The minimum Gasteiger partial charge on any atom is -0.460 e. The van der Waals surface area contributed by atoms with Crippen LogP contribution < -0.4 is 0 Å². The molecule has 0 saturated carbocycles. The molecule has 0 heterocycles. The first-order valence-electron chi connectivity index (χ1n) is 4.66. The third-order valence-electron chi connectivity index (χ3n) is 1.06. The molecule has 0 unspecified atom stereocenters. The van der Waals surface area contributed by atoms with E-state index >= 15 is 0 Å². The van der Waals surface area contributed by atoms with Gasteiger partial charge in [-0.2, -0.15) is 0 Å². The first-order chi connectivity index (χ1) is 6.31. The van der Waals surface area contributed by atoms with Gasteiger partial charge < -0.3 is 9.57 Å². The standard InChI is InChI=1S/C10H19NO3/c1-8(2)11-13-7-6-9(12)14-10(3,4)5/h6-7H2,1-5H3. The summed E-state index contributed by atoms with van der Waals surface area (Å²) in [6.45, 7) is 9.42. The van der Waals surface area contributed by atoms with E-state index < -0.39 is 5.60 Å². The number of esters is 1. The zero-order chi connectivity index (χ0) is 11.2. The maximum Gasteiger partial charge on any atom is 0.309 e. The molecule has 0 N–H and O–H groups in total. The largest absolute Gasteiger partial charge is 0.460 e. The molecule has 14 heavy (non-hydrogen) atoms. The van der Waals surface area contributed by atoms with E-state index in [4.69, 9.17) is 9.57 Å². The number of hydrogen-bond acceptors (Lipinski definition) is 4. The molecule has 0 bridgehead atoms. The van der Waals surface area contributed by atoms with E-state index in [1.165, 1.54) is 0 Å². The molecule has 4 nitrogen and oxygen atoms in total. The summed E-state index contributed by atoms with van der Waals surface area (Å²) in [5.41, 5.74) is 0.398. The van der Waals surface area contributed by atoms with Crippen molar-refractivity contribution in [2.75, 3.05) is 6.61 Å². The minimum absolute atomic E-state index is 0.230. The summed E-state index contributed by atoms with van der Waals surface area (Å²) < 4.78 is 5.08. The number of nitrogens with zero attached hydrogens (tertiary/aromatic N) is 1. The fraction of sp³-hybridized carbons (Fsp3) is 0.800. The Morgan fingerprint density at radius 2 is 1.86 bits per heavy atom. The summed E-state index contributed by atoms with van der Waals surface area (Å²) in [6, 6.07) is 0. The highest BCUT2D eigenvalue weighted by molar-refractivity contribution is 5.78. The highest BCUT2D eigenvalue weighted by atomic mass is 16.6. The minimum atomic E-state index is -0.430. The van der Waals surface area contributed by atoms with Gasteiger partial charge in [0.15, 0.2) is 0 Å². The molecule has 0 aliphatic heterocycles. The number of carbonyl (C=O) groups excluding carboxylic acids is 1. The molecule has 0 spiro atoms. The van der Waals surface area contributed by atoms with Crippen molar-refractivity contribution in [3.05, 3.63) is 0 Å². The molecular formula is C10H19NO3. The van der Waals surface area contributed by atoms with E-state index in [0.29, 0.717) is 0 Å². The lowest BCUT2D eigenvalue weighted by molar-refractivity contribution is -0.156. The first kappa shape index (κ1) is 12.9. The zero-order valence-corrected chi connectivity index (χ0v) is 9.59. The van der Waals surface area contributed by atoms with Crippen LogP contribution in [0, 0.1) is 0 Å². The maximum atomic E-state index is 11.2. The normalized spacial score (nSPS) is 10.6. The second-order valence-electron chi connectivity index (χ2n) is 4.21. The molecule has 0 amide bonds. The Labute approximate surface area is 85.3 Å². The van der Waals surface area contributed by atoms with Crippen LogP contribution in [0.15, 0.2) is 5.16 Å². The van der Waals surface area contributed by atoms with Crippen LogP contribution in [0.2, 0.25) is 0 Å². The van der Waals surface area contributed by atoms with Crippen molar-refractivity contribution in [3.63, 3.8) is 0 Å². The molecule has 0 aliphatic rings. The summed E-state index contributed by atoms with van der Waals surface area (Å²) in [5.74, 6) is -0.263. The molecular weight excluding hydrogens is 182 g/mol. The number of hydrogen-bond donors (Lipinski definition) is 0. The van der Waals surface area contributed by atoms with Crippen LogP contribution in [0.4, 0.5) is 0 Å². The average molecular weight is 201 g/mol. The fourth-order valence-electron chi connectivity index (χ4n) is 0.696. The quantitative estimate of drug-likeness (QED) is 0.303. The average Bonchev–Trinajstić information content (AvgIpc) is 1.94. The number of rotatable bonds is 4. The lowest BCUT2D eigenvalue weighted by Gasteiger charge is -2.19. The predicted molar refractivity (Wildman–Crippen MR) is 55.2 cm³/mol.